The molecular formula is C23H21N3O2. The molecular weight excluding hydrogens is 350 g/mol. The van der Waals surface area contributed by atoms with Gasteiger partial charge in [0.05, 0.1) is 18.8 Å². The molecule has 0 amide bonds. The van der Waals surface area contributed by atoms with Crippen LogP contribution < -0.4 is 10.6 Å². The van der Waals surface area contributed by atoms with Crippen LogP contribution in [0, 0.1) is 0 Å². The number of fused-ring (bicyclic) bond motifs is 1. The van der Waals surface area contributed by atoms with Gasteiger partial charge in [0.1, 0.15) is 5.52 Å². The third-order valence-corrected chi connectivity index (χ3v) is 5.10. The normalized spacial score (nSPS) is 14.5. The van der Waals surface area contributed by atoms with Gasteiger partial charge in [0.2, 0.25) is 5.89 Å². The van der Waals surface area contributed by atoms with Crippen LogP contribution in [0.5, 0.6) is 0 Å². The number of benzene rings is 3. The number of hydrogen-bond donors (Lipinski definition) is 1. The number of nitrogen functional groups attached to an aromatic ring is 1. The first-order chi connectivity index (χ1) is 13.8. The van der Waals surface area contributed by atoms with Crippen LogP contribution in [0.4, 0.5) is 11.4 Å². The lowest BCUT2D eigenvalue weighted by molar-refractivity contribution is 0.122. The predicted octanol–water partition coefficient (Wildman–Crippen LogP) is 4.58. The maximum Gasteiger partial charge on any atom is 0.229 e. The number of ether oxygens (including phenoxy) is 1. The molecule has 5 nitrogen and oxygen atoms in total. The summed E-state index contributed by atoms with van der Waals surface area (Å²) in [6, 6.07) is 22.3. The van der Waals surface area contributed by atoms with E-state index in [-0.39, 0.29) is 0 Å². The second-order valence-corrected chi connectivity index (χ2v) is 6.94. The molecule has 5 rings (SSSR count). The van der Waals surface area contributed by atoms with Gasteiger partial charge in [0, 0.05) is 24.5 Å². The monoisotopic (exact) mass is 371 g/mol. The van der Waals surface area contributed by atoms with Crippen molar-refractivity contribution in [3.8, 4) is 22.6 Å². The molecule has 0 bridgehead atoms. The Kier molecular flexibility index (Phi) is 4.22. The maximum absolute atomic E-state index is 6.11. The first-order valence-electron chi connectivity index (χ1n) is 9.46. The van der Waals surface area contributed by atoms with Crippen LogP contribution in [0.3, 0.4) is 0 Å². The van der Waals surface area contributed by atoms with Crippen molar-refractivity contribution in [2.75, 3.05) is 36.9 Å². The fourth-order valence-corrected chi connectivity index (χ4v) is 3.66. The average molecular weight is 371 g/mol. The molecule has 4 aromatic rings. The molecule has 0 aliphatic carbocycles. The first-order valence-corrected chi connectivity index (χ1v) is 9.46. The van der Waals surface area contributed by atoms with E-state index in [2.05, 4.69) is 29.2 Å². The van der Waals surface area contributed by atoms with Crippen molar-refractivity contribution in [2.45, 2.75) is 0 Å². The van der Waals surface area contributed by atoms with E-state index in [0.717, 1.165) is 59.8 Å². The van der Waals surface area contributed by atoms with Gasteiger partial charge in [0.25, 0.3) is 0 Å². The third-order valence-electron chi connectivity index (χ3n) is 5.10. The molecule has 1 aliphatic heterocycles. The van der Waals surface area contributed by atoms with Gasteiger partial charge >= 0.3 is 0 Å². The van der Waals surface area contributed by atoms with Gasteiger partial charge < -0.3 is 19.8 Å². The summed E-state index contributed by atoms with van der Waals surface area (Å²) in [4.78, 5) is 7.08. The lowest BCUT2D eigenvalue weighted by atomic mass is 10.1. The Morgan fingerprint density at radius 1 is 0.857 bits per heavy atom. The number of hydrogen-bond acceptors (Lipinski definition) is 5. The summed E-state index contributed by atoms with van der Waals surface area (Å²) in [5.74, 6) is 0.592. The van der Waals surface area contributed by atoms with E-state index in [1.54, 1.807) is 0 Å². The summed E-state index contributed by atoms with van der Waals surface area (Å²) < 4.78 is 11.6. The summed E-state index contributed by atoms with van der Waals surface area (Å²) in [5.41, 5.74) is 12.6. The Morgan fingerprint density at radius 2 is 1.68 bits per heavy atom. The zero-order valence-electron chi connectivity index (χ0n) is 15.5. The maximum atomic E-state index is 6.11. The summed E-state index contributed by atoms with van der Waals surface area (Å²) in [7, 11) is 0. The smallest absolute Gasteiger partial charge is 0.229 e. The molecule has 5 heteroatoms. The van der Waals surface area contributed by atoms with E-state index in [1.165, 1.54) is 0 Å². The highest BCUT2D eigenvalue weighted by molar-refractivity contribution is 5.85. The van der Waals surface area contributed by atoms with Gasteiger partial charge in [-0.25, -0.2) is 4.98 Å². The number of nitrogens with two attached hydrogens (primary N) is 1. The molecule has 0 spiro atoms. The Bertz CT molecular complexity index is 1120. The topological polar surface area (TPSA) is 64.5 Å². The molecule has 0 atom stereocenters. The van der Waals surface area contributed by atoms with Crippen molar-refractivity contribution in [3.63, 3.8) is 0 Å². The van der Waals surface area contributed by atoms with Gasteiger partial charge in [-0.3, -0.25) is 0 Å². The largest absolute Gasteiger partial charge is 0.436 e. The van der Waals surface area contributed by atoms with E-state index < -0.39 is 0 Å². The lowest BCUT2D eigenvalue weighted by Crippen LogP contribution is -2.36. The van der Waals surface area contributed by atoms with Crippen molar-refractivity contribution in [1.29, 1.82) is 0 Å². The summed E-state index contributed by atoms with van der Waals surface area (Å²) in [5, 5.41) is 0. The van der Waals surface area contributed by atoms with Crippen molar-refractivity contribution in [3.05, 3.63) is 66.7 Å². The molecule has 1 fully saturated rings. The Morgan fingerprint density at radius 3 is 2.50 bits per heavy atom. The fourth-order valence-electron chi connectivity index (χ4n) is 3.66. The second-order valence-electron chi connectivity index (χ2n) is 6.94. The SMILES string of the molecule is Nc1ccc(N2CCOCC2)c(-c2nc3cc(-c4ccccc4)ccc3o2)c1. The Labute approximate surface area is 163 Å². The molecule has 2 heterocycles. The molecule has 1 aromatic heterocycles. The average Bonchev–Trinajstić information content (AvgIpc) is 3.18. The number of nitrogens with zero attached hydrogens (tertiary/aromatic N) is 2. The zero-order chi connectivity index (χ0) is 18.9. The summed E-state index contributed by atoms with van der Waals surface area (Å²) >= 11 is 0. The summed E-state index contributed by atoms with van der Waals surface area (Å²) in [6.07, 6.45) is 0. The van der Waals surface area contributed by atoms with Gasteiger partial charge in [0.15, 0.2) is 5.58 Å². The molecule has 1 aliphatic rings. The van der Waals surface area contributed by atoms with Crippen LogP contribution in [-0.4, -0.2) is 31.3 Å². The predicted molar refractivity (Wildman–Crippen MR) is 112 cm³/mol. The van der Waals surface area contributed by atoms with Crippen molar-refractivity contribution in [2.24, 2.45) is 0 Å². The van der Waals surface area contributed by atoms with Crippen LogP contribution >= 0.6 is 0 Å². The Hall–Kier alpha value is -3.31. The number of rotatable bonds is 3. The number of aromatic nitrogens is 1. The fraction of sp³-hybridized carbons (Fsp3) is 0.174. The minimum atomic E-state index is 0.592. The van der Waals surface area contributed by atoms with Crippen LogP contribution in [0.1, 0.15) is 0 Å². The van der Waals surface area contributed by atoms with Crippen molar-refractivity contribution >= 4 is 22.5 Å². The van der Waals surface area contributed by atoms with Crippen LogP contribution in [0.15, 0.2) is 71.1 Å². The van der Waals surface area contributed by atoms with Crippen LogP contribution in [0.2, 0.25) is 0 Å². The second kappa shape index (κ2) is 7.02. The number of oxazole rings is 1. The minimum absolute atomic E-state index is 0.592. The van der Waals surface area contributed by atoms with E-state index >= 15 is 0 Å². The van der Waals surface area contributed by atoms with Crippen molar-refractivity contribution in [1.82, 2.24) is 4.98 Å². The standard InChI is InChI=1S/C23H21N3O2/c24-18-7-8-21(26-10-12-27-13-11-26)19(15-18)23-25-20-14-17(6-9-22(20)28-23)16-4-2-1-3-5-16/h1-9,14-15H,10-13,24H2. The van der Waals surface area contributed by atoms with E-state index in [4.69, 9.17) is 19.9 Å². The van der Waals surface area contributed by atoms with Crippen LogP contribution in [-0.2, 0) is 4.74 Å². The first kappa shape index (κ1) is 16.8. The number of anilines is 2. The minimum Gasteiger partial charge on any atom is -0.436 e. The molecule has 28 heavy (non-hydrogen) atoms. The van der Waals surface area contributed by atoms with Crippen LogP contribution in [0.25, 0.3) is 33.7 Å². The molecule has 2 N–H and O–H groups in total. The quantitative estimate of drug-likeness (QED) is 0.534. The van der Waals surface area contributed by atoms with E-state index in [1.807, 2.05) is 42.5 Å². The molecule has 140 valence electrons. The molecule has 0 radical (unpaired) electrons. The Balaban J connectivity index is 1.59. The molecule has 0 saturated carbocycles. The van der Waals surface area contributed by atoms with Gasteiger partial charge in [-0.15, -0.1) is 0 Å². The van der Waals surface area contributed by atoms with E-state index in [0.29, 0.717) is 11.6 Å². The zero-order valence-corrected chi connectivity index (χ0v) is 15.5. The summed E-state index contributed by atoms with van der Waals surface area (Å²) in [6.45, 7) is 3.13. The highest BCUT2D eigenvalue weighted by Gasteiger charge is 2.19. The van der Waals surface area contributed by atoms with Gasteiger partial charge in [-0.1, -0.05) is 36.4 Å². The third kappa shape index (κ3) is 3.10. The lowest BCUT2D eigenvalue weighted by Gasteiger charge is -2.30. The van der Waals surface area contributed by atoms with Crippen molar-refractivity contribution < 1.29 is 9.15 Å². The molecule has 3 aromatic carbocycles. The number of morpholine rings is 1. The van der Waals surface area contributed by atoms with Gasteiger partial charge in [-0.2, -0.15) is 0 Å². The highest BCUT2D eigenvalue weighted by Crippen LogP contribution is 2.35. The molecule has 0 unspecified atom stereocenters. The molecule has 1 saturated heterocycles. The van der Waals surface area contributed by atoms with Gasteiger partial charge in [-0.05, 0) is 41.5 Å². The highest BCUT2D eigenvalue weighted by atomic mass is 16.5. The van der Waals surface area contributed by atoms with E-state index in [9.17, 15) is 0 Å².